The van der Waals surface area contributed by atoms with Crippen molar-refractivity contribution in [2.45, 2.75) is 24.5 Å². The van der Waals surface area contributed by atoms with Gasteiger partial charge in [-0.2, -0.15) is 13.2 Å². The average molecular weight is 450 g/mol. The van der Waals surface area contributed by atoms with Gasteiger partial charge in [0.1, 0.15) is 0 Å². The summed E-state index contributed by atoms with van der Waals surface area (Å²) < 4.78 is 42.3. The highest BCUT2D eigenvalue weighted by Gasteiger charge is 2.30. The van der Waals surface area contributed by atoms with E-state index in [1.807, 2.05) is 6.07 Å². The first-order chi connectivity index (χ1) is 14.2. The van der Waals surface area contributed by atoms with E-state index in [9.17, 15) is 22.8 Å². The third-order valence-corrected chi connectivity index (χ3v) is 5.94. The van der Waals surface area contributed by atoms with Gasteiger partial charge >= 0.3 is 6.18 Å². The Balaban J connectivity index is 1.64. The molecule has 0 radical (unpaired) electrons. The lowest BCUT2D eigenvalue weighted by Crippen LogP contribution is -2.07. The molecule has 3 rings (SSSR count). The molecule has 0 spiro atoms. The molecule has 0 aliphatic heterocycles. The molecule has 0 atom stereocenters. The van der Waals surface area contributed by atoms with Crippen molar-refractivity contribution in [1.82, 2.24) is 4.72 Å². The Morgan fingerprint density at radius 2 is 1.73 bits per heavy atom. The summed E-state index contributed by atoms with van der Waals surface area (Å²) in [6, 6.07) is 16.1. The zero-order valence-electron chi connectivity index (χ0n) is 16.0. The number of carbonyl (C=O) groups excluding carboxylic acids is 2. The predicted octanol–water partition coefficient (Wildman–Crippen LogP) is 6.12. The van der Waals surface area contributed by atoms with Crippen LogP contribution in [-0.4, -0.2) is 16.7 Å². The molecule has 156 valence electrons. The lowest BCUT2D eigenvalue weighted by Gasteiger charge is -2.11. The molecular weight excluding hydrogens is 431 g/mol. The van der Waals surface area contributed by atoms with Crippen molar-refractivity contribution < 1.29 is 22.8 Å². The van der Waals surface area contributed by atoms with Crippen LogP contribution in [0.25, 0.3) is 10.8 Å². The maximum Gasteiger partial charge on any atom is 0.416 e. The number of carbonyl (C=O) groups is 2. The first-order valence-corrected chi connectivity index (χ1v) is 10.8. The number of hydrogen-bond acceptors (Lipinski definition) is 5. The Bertz CT molecular complexity index is 1070. The molecule has 0 aliphatic rings. The summed E-state index contributed by atoms with van der Waals surface area (Å²) in [5, 5.41) is 1.21. The molecule has 0 amide bonds. The molecule has 30 heavy (non-hydrogen) atoms. The second-order valence-electron chi connectivity index (χ2n) is 6.50. The molecule has 3 aromatic rings. The van der Waals surface area contributed by atoms with Crippen LogP contribution < -0.4 is 4.72 Å². The Labute approximate surface area is 180 Å². The van der Waals surface area contributed by atoms with Crippen molar-refractivity contribution in [3.63, 3.8) is 0 Å². The number of hydrogen-bond donors (Lipinski definition) is 1. The number of alkyl halides is 3. The van der Waals surface area contributed by atoms with Crippen LogP contribution in [0, 0.1) is 0 Å². The molecule has 3 aromatic carbocycles. The van der Waals surface area contributed by atoms with E-state index in [2.05, 4.69) is 4.72 Å². The first-order valence-electron chi connectivity index (χ1n) is 8.99. The predicted molar refractivity (Wildman–Crippen MR) is 116 cm³/mol. The molecule has 0 bridgehead atoms. The Morgan fingerprint density at radius 3 is 2.40 bits per heavy atom. The molecule has 0 fully saturated rings. The van der Waals surface area contributed by atoms with Gasteiger partial charge in [-0.1, -0.05) is 48.2 Å². The van der Waals surface area contributed by atoms with Gasteiger partial charge in [0.25, 0.3) is 0 Å². The quantitative estimate of drug-likeness (QED) is 0.348. The molecule has 8 heteroatoms. The second kappa shape index (κ2) is 9.68. The first kappa shape index (κ1) is 22.4. The Hall–Kier alpha value is -2.29. The standard InChI is InChI=1S/C22H18F3NO2S2/c1-14(27)29-13-21(28)16-6-9-19(10-7-16)30-26-12-17-4-2-3-15-5-8-18(11-20(15)17)22(23,24)25/h2-11,26H,12-13H2,1H3. The summed E-state index contributed by atoms with van der Waals surface area (Å²) in [7, 11) is 0. The molecule has 0 aliphatic carbocycles. The van der Waals surface area contributed by atoms with E-state index < -0.39 is 11.7 Å². The van der Waals surface area contributed by atoms with Crippen LogP contribution in [0.2, 0.25) is 0 Å². The fourth-order valence-corrected chi connectivity index (χ4v) is 3.99. The number of benzene rings is 3. The smallest absolute Gasteiger partial charge is 0.293 e. The van der Waals surface area contributed by atoms with Gasteiger partial charge in [-0.05, 0) is 52.5 Å². The van der Waals surface area contributed by atoms with Crippen LogP contribution in [0.5, 0.6) is 0 Å². The van der Waals surface area contributed by atoms with Crippen LogP contribution >= 0.6 is 23.7 Å². The van der Waals surface area contributed by atoms with Crippen molar-refractivity contribution in [2.75, 3.05) is 5.75 Å². The highest BCUT2D eigenvalue weighted by atomic mass is 32.2. The third-order valence-electron chi connectivity index (χ3n) is 4.34. The second-order valence-corrected chi connectivity index (χ2v) is 8.62. The zero-order chi connectivity index (χ0) is 21.7. The van der Waals surface area contributed by atoms with Gasteiger partial charge in [-0.15, -0.1) is 0 Å². The lowest BCUT2D eigenvalue weighted by atomic mass is 10.0. The van der Waals surface area contributed by atoms with Crippen LogP contribution in [-0.2, 0) is 17.5 Å². The molecule has 0 saturated carbocycles. The molecular formula is C22H18F3NO2S2. The van der Waals surface area contributed by atoms with Crippen LogP contribution in [0.15, 0.2) is 65.6 Å². The van der Waals surface area contributed by atoms with Gasteiger partial charge < -0.3 is 0 Å². The van der Waals surface area contributed by atoms with Gasteiger partial charge in [-0.3, -0.25) is 14.3 Å². The van der Waals surface area contributed by atoms with Crippen molar-refractivity contribution in [1.29, 1.82) is 0 Å². The van der Waals surface area contributed by atoms with E-state index in [-0.39, 0.29) is 16.7 Å². The summed E-state index contributed by atoms with van der Waals surface area (Å²) in [5.41, 5.74) is 0.624. The van der Waals surface area contributed by atoms with Crippen molar-refractivity contribution in [3.05, 3.63) is 77.4 Å². The maximum absolute atomic E-state index is 13.0. The number of thioether (sulfide) groups is 1. The Morgan fingerprint density at radius 1 is 1.00 bits per heavy atom. The molecule has 0 aromatic heterocycles. The summed E-state index contributed by atoms with van der Waals surface area (Å²) in [6.45, 7) is 1.79. The van der Waals surface area contributed by atoms with Crippen LogP contribution in [0.4, 0.5) is 13.2 Å². The normalized spacial score (nSPS) is 11.6. The van der Waals surface area contributed by atoms with Crippen molar-refractivity contribution in [2.24, 2.45) is 0 Å². The fraction of sp³-hybridized carbons (Fsp3) is 0.182. The van der Waals surface area contributed by atoms with Gasteiger partial charge in [0, 0.05) is 23.9 Å². The largest absolute Gasteiger partial charge is 0.416 e. The number of rotatable bonds is 7. The van der Waals surface area contributed by atoms with Crippen LogP contribution in [0.3, 0.4) is 0 Å². The van der Waals surface area contributed by atoms with Crippen molar-refractivity contribution in [3.8, 4) is 0 Å². The minimum Gasteiger partial charge on any atom is -0.293 e. The van der Waals surface area contributed by atoms with Gasteiger partial charge in [0.2, 0.25) is 0 Å². The van der Waals surface area contributed by atoms with E-state index in [0.29, 0.717) is 17.5 Å². The minimum atomic E-state index is -4.38. The highest BCUT2D eigenvalue weighted by Crippen LogP contribution is 2.32. The monoisotopic (exact) mass is 449 g/mol. The van der Waals surface area contributed by atoms with Crippen LogP contribution in [0.1, 0.15) is 28.4 Å². The number of Topliss-reactive ketones (excluding diaryl/α,β-unsaturated/α-hetero) is 1. The van der Waals surface area contributed by atoms with Crippen molar-refractivity contribution >= 4 is 45.4 Å². The number of nitrogens with one attached hydrogen (secondary N) is 1. The topological polar surface area (TPSA) is 46.2 Å². The average Bonchev–Trinajstić information content (AvgIpc) is 2.71. The number of fused-ring (bicyclic) bond motifs is 1. The summed E-state index contributed by atoms with van der Waals surface area (Å²) in [6.07, 6.45) is -4.38. The number of halogens is 3. The highest BCUT2D eigenvalue weighted by molar-refractivity contribution is 8.14. The lowest BCUT2D eigenvalue weighted by molar-refractivity contribution is -0.137. The molecule has 0 heterocycles. The Kier molecular flexibility index (Phi) is 7.23. The molecule has 0 saturated heterocycles. The molecule has 3 nitrogen and oxygen atoms in total. The molecule has 0 unspecified atom stereocenters. The summed E-state index contributed by atoms with van der Waals surface area (Å²) in [5.74, 6) is -0.00271. The number of ketones is 1. The van der Waals surface area contributed by atoms with E-state index >= 15 is 0 Å². The third kappa shape index (κ3) is 5.87. The van der Waals surface area contributed by atoms with E-state index in [0.717, 1.165) is 33.7 Å². The summed E-state index contributed by atoms with van der Waals surface area (Å²) in [4.78, 5) is 23.8. The maximum atomic E-state index is 13.0. The zero-order valence-corrected chi connectivity index (χ0v) is 17.6. The van der Waals surface area contributed by atoms with E-state index in [1.165, 1.54) is 31.0 Å². The SMILES string of the molecule is CC(=O)SCC(=O)c1ccc(SNCc2cccc3ccc(C(F)(F)F)cc23)cc1. The van der Waals surface area contributed by atoms with E-state index in [1.54, 1.807) is 36.4 Å². The minimum absolute atomic E-state index is 0.101. The molecule has 1 N–H and O–H groups in total. The van der Waals surface area contributed by atoms with Gasteiger partial charge in [0.15, 0.2) is 10.9 Å². The van der Waals surface area contributed by atoms with Gasteiger partial charge in [-0.25, -0.2) is 0 Å². The fourth-order valence-electron chi connectivity index (χ4n) is 2.82. The van der Waals surface area contributed by atoms with Gasteiger partial charge in [0.05, 0.1) is 11.3 Å². The summed E-state index contributed by atoms with van der Waals surface area (Å²) >= 11 is 2.31. The van der Waals surface area contributed by atoms with E-state index in [4.69, 9.17) is 0 Å².